The minimum atomic E-state index is -0.578. The maximum atomic E-state index is 15.7. The second-order valence-corrected chi connectivity index (χ2v) is 11.6. The van der Waals surface area contributed by atoms with Crippen molar-refractivity contribution in [3.05, 3.63) is 63.9 Å². The highest BCUT2D eigenvalue weighted by molar-refractivity contribution is 6.02. The molecule has 9 nitrogen and oxygen atoms in total. The number of nitrogens with one attached hydrogen (secondary N) is 2. The third-order valence-electron chi connectivity index (χ3n) is 8.32. The summed E-state index contributed by atoms with van der Waals surface area (Å²) in [5.74, 6) is -0.225. The molecule has 3 aliphatic rings. The van der Waals surface area contributed by atoms with Crippen molar-refractivity contribution >= 4 is 28.2 Å². The molecule has 0 unspecified atom stereocenters. The van der Waals surface area contributed by atoms with Crippen LogP contribution in [-0.2, 0) is 0 Å². The molecule has 43 heavy (non-hydrogen) atoms. The van der Waals surface area contributed by atoms with Gasteiger partial charge in [0.1, 0.15) is 16.8 Å². The van der Waals surface area contributed by atoms with Crippen LogP contribution in [0.3, 0.4) is 0 Å². The molecule has 1 aromatic carbocycles. The van der Waals surface area contributed by atoms with Gasteiger partial charge >= 0.3 is 0 Å². The molecule has 2 aromatic rings. The number of hydrogen-bond acceptors (Lipinski definition) is 7. The first-order valence-corrected chi connectivity index (χ1v) is 15.7. The van der Waals surface area contributed by atoms with E-state index < -0.39 is 17.2 Å². The fraction of sp³-hybridized carbons (Fsp3) is 0.515. The zero-order chi connectivity index (χ0) is 30.3. The Morgan fingerprint density at radius 1 is 1.05 bits per heavy atom. The van der Waals surface area contributed by atoms with Gasteiger partial charge in [0, 0.05) is 52.0 Å². The van der Waals surface area contributed by atoms with E-state index in [-0.39, 0.29) is 22.4 Å². The quantitative estimate of drug-likeness (QED) is 0.339. The Hall–Kier alpha value is -3.47. The van der Waals surface area contributed by atoms with Crippen LogP contribution in [0.5, 0.6) is 5.75 Å². The maximum absolute atomic E-state index is 15.7. The third-order valence-corrected chi connectivity index (χ3v) is 8.32. The number of likely N-dealkylation sites (N-methyl/N-ethyl adjacent to an activating group) is 1. The summed E-state index contributed by atoms with van der Waals surface area (Å²) in [6, 6.07) is 1.24. The van der Waals surface area contributed by atoms with E-state index in [2.05, 4.69) is 46.2 Å². The number of carbonyl (C=O) groups is 1. The van der Waals surface area contributed by atoms with E-state index >= 15 is 4.39 Å². The largest absolute Gasteiger partial charge is 0.451 e. The second kappa shape index (κ2) is 14.3. The number of fused-ring (bicyclic) bond motifs is 1. The molecule has 3 heterocycles. The number of halogens is 1. The number of rotatable bonds is 13. The SMILES string of the molecule is CCCN(CCC)CCNc1c(F)cc2c(=O)c(C(=O)NCCCN3CCN(C)CC3)cn3c2c1OC1=C3C=CCC=C1. The standard InChI is InChI=1S/C33H45FN6O3/c1-4-14-38(15-5-2)17-13-35-29-26(34)22-24-30-32(29)43-28-11-8-6-7-10-27(28)40(30)23-25(31(24)41)33(42)36-12-9-16-39-20-18-37(3)19-21-39/h7-8,10-11,22-23,35H,4-6,9,12-21H2,1-3H3,(H,36,42). The van der Waals surface area contributed by atoms with Crippen LogP contribution in [0.25, 0.3) is 16.6 Å². The molecular weight excluding hydrogens is 547 g/mol. The number of amides is 1. The minimum Gasteiger partial charge on any atom is -0.451 e. The Labute approximate surface area is 253 Å². The van der Waals surface area contributed by atoms with Crippen LogP contribution in [0.4, 0.5) is 10.1 Å². The molecule has 1 fully saturated rings. The second-order valence-electron chi connectivity index (χ2n) is 11.6. The van der Waals surface area contributed by atoms with E-state index in [4.69, 9.17) is 4.74 Å². The van der Waals surface area contributed by atoms with E-state index in [1.807, 2.05) is 24.3 Å². The van der Waals surface area contributed by atoms with Gasteiger partial charge in [-0.2, -0.15) is 0 Å². The summed E-state index contributed by atoms with van der Waals surface area (Å²) in [6.07, 6.45) is 12.9. The zero-order valence-corrected chi connectivity index (χ0v) is 25.8. The fourth-order valence-electron chi connectivity index (χ4n) is 6.02. The van der Waals surface area contributed by atoms with E-state index in [0.717, 1.165) is 71.6 Å². The van der Waals surface area contributed by atoms with Crippen molar-refractivity contribution < 1.29 is 13.9 Å². The molecular formula is C33H45FN6O3. The van der Waals surface area contributed by atoms with Gasteiger partial charge in [0.25, 0.3) is 5.91 Å². The molecule has 0 bridgehead atoms. The number of nitrogens with zero attached hydrogens (tertiary/aromatic N) is 4. The number of piperazine rings is 1. The van der Waals surface area contributed by atoms with Gasteiger partial charge in [-0.05, 0) is 70.6 Å². The highest BCUT2D eigenvalue weighted by atomic mass is 19.1. The average molecular weight is 593 g/mol. The number of aromatic nitrogens is 1. The molecule has 1 aromatic heterocycles. The molecule has 1 amide bonds. The number of ether oxygens (including phenoxy) is 1. The van der Waals surface area contributed by atoms with E-state index in [1.165, 1.54) is 6.07 Å². The molecule has 0 saturated carbocycles. The van der Waals surface area contributed by atoms with E-state index in [0.29, 0.717) is 36.5 Å². The molecule has 10 heteroatoms. The van der Waals surface area contributed by atoms with Crippen molar-refractivity contribution in [1.29, 1.82) is 0 Å². The highest BCUT2D eigenvalue weighted by Gasteiger charge is 2.29. The highest BCUT2D eigenvalue weighted by Crippen LogP contribution is 2.42. The van der Waals surface area contributed by atoms with Crippen LogP contribution in [0.15, 0.2) is 47.1 Å². The van der Waals surface area contributed by atoms with Gasteiger partial charge in [-0.3, -0.25) is 9.59 Å². The molecule has 1 saturated heterocycles. The van der Waals surface area contributed by atoms with Gasteiger partial charge in [-0.25, -0.2) is 4.39 Å². The van der Waals surface area contributed by atoms with Crippen molar-refractivity contribution in [2.24, 2.45) is 0 Å². The lowest BCUT2D eigenvalue weighted by molar-refractivity contribution is 0.0948. The molecule has 0 atom stereocenters. The Bertz CT molecular complexity index is 1470. The lowest BCUT2D eigenvalue weighted by Crippen LogP contribution is -2.45. The van der Waals surface area contributed by atoms with Gasteiger partial charge < -0.3 is 34.6 Å². The molecule has 2 aliphatic heterocycles. The van der Waals surface area contributed by atoms with Crippen LogP contribution >= 0.6 is 0 Å². The molecule has 232 valence electrons. The van der Waals surface area contributed by atoms with Gasteiger partial charge in [0.2, 0.25) is 5.43 Å². The van der Waals surface area contributed by atoms with Crippen molar-refractivity contribution in [2.45, 2.75) is 39.5 Å². The summed E-state index contributed by atoms with van der Waals surface area (Å²) >= 11 is 0. The molecule has 2 N–H and O–H groups in total. The number of anilines is 1. The zero-order valence-electron chi connectivity index (χ0n) is 25.8. The summed E-state index contributed by atoms with van der Waals surface area (Å²) in [6.45, 7) is 13.0. The van der Waals surface area contributed by atoms with Gasteiger partial charge in [-0.1, -0.05) is 26.0 Å². The van der Waals surface area contributed by atoms with Crippen LogP contribution in [0.2, 0.25) is 0 Å². The Morgan fingerprint density at radius 3 is 2.53 bits per heavy atom. The predicted octanol–water partition coefficient (Wildman–Crippen LogP) is 4.12. The Kier molecular flexibility index (Phi) is 10.3. The van der Waals surface area contributed by atoms with Crippen molar-refractivity contribution in [3.8, 4) is 5.75 Å². The number of hydrogen-bond donors (Lipinski definition) is 2. The molecule has 5 rings (SSSR count). The van der Waals surface area contributed by atoms with Crippen LogP contribution in [-0.4, -0.2) is 97.7 Å². The molecule has 1 aliphatic carbocycles. The minimum absolute atomic E-state index is 0.0108. The van der Waals surface area contributed by atoms with Crippen LogP contribution < -0.4 is 20.8 Å². The summed E-state index contributed by atoms with van der Waals surface area (Å²) in [5.41, 5.74) is 0.863. The van der Waals surface area contributed by atoms with E-state index in [9.17, 15) is 9.59 Å². The number of allylic oxidation sites excluding steroid dienone is 5. The van der Waals surface area contributed by atoms with Gasteiger partial charge in [0.15, 0.2) is 17.3 Å². The Morgan fingerprint density at radius 2 is 1.79 bits per heavy atom. The van der Waals surface area contributed by atoms with E-state index in [1.54, 1.807) is 10.8 Å². The van der Waals surface area contributed by atoms with Crippen LogP contribution in [0, 0.1) is 5.82 Å². The predicted molar refractivity (Wildman–Crippen MR) is 171 cm³/mol. The summed E-state index contributed by atoms with van der Waals surface area (Å²) in [7, 11) is 2.13. The van der Waals surface area contributed by atoms with Gasteiger partial charge in [-0.15, -0.1) is 0 Å². The number of benzene rings is 1. The summed E-state index contributed by atoms with van der Waals surface area (Å²) < 4.78 is 23.9. The lowest BCUT2D eigenvalue weighted by Gasteiger charge is -2.32. The van der Waals surface area contributed by atoms with Crippen molar-refractivity contribution in [3.63, 3.8) is 0 Å². The number of pyridine rings is 1. The average Bonchev–Trinajstić information content (AvgIpc) is 3.24. The summed E-state index contributed by atoms with van der Waals surface area (Å²) in [5, 5.41) is 6.30. The maximum Gasteiger partial charge on any atom is 0.256 e. The Balaban J connectivity index is 1.42. The van der Waals surface area contributed by atoms with Crippen LogP contribution in [0.1, 0.15) is 49.9 Å². The molecule has 0 radical (unpaired) electrons. The summed E-state index contributed by atoms with van der Waals surface area (Å²) in [4.78, 5) is 34.1. The third kappa shape index (κ3) is 7.03. The van der Waals surface area contributed by atoms with Crippen molar-refractivity contribution in [2.75, 3.05) is 77.8 Å². The number of carbonyl (C=O) groups excluding carboxylic acids is 1. The first-order chi connectivity index (χ1) is 20.9. The monoisotopic (exact) mass is 592 g/mol. The molecule has 0 spiro atoms. The normalized spacial score (nSPS) is 16.9. The first kappa shape index (κ1) is 31.0. The lowest BCUT2D eigenvalue weighted by atomic mass is 10.1. The fourth-order valence-corrected chi connectivity index (χ4v) is 6.02. The smallest absolute Gasteiger partial charge is 0.256 e. The van der Waals surface area contributed by atoms with Crippen molar-refractivity contribution in [1.82, 2.24) is 24.6 Å². The van der Waals surface area contributed by atoms with Gasteiger partial charge in [0.05, 0.1) is 11.1 Å². The first-order valence-electron chi connectivity index (χ1n) is 15.7. The topological polar surface area (TPSA) is 82.1 Å².